The largest absolute Gasteiger partial charge is 0.462 e. The molecule has 0 amide bonds. The van der Waals surface area contributed by atoms with Crippen LogP contribution in [0.25, 0.3) is 11.0 Å². The standard InChI is InChI=1S/C12H11ClN2O2/c1-3-17-12(16)8-4-5-9-10(6-8)14-7(2)11(13)15-9/h4-6H,3H2,1-2H3. The van der Waals surface area contributed by atoms with Crippen LogP contribution in [0.3, 0.4) is 0 Å². The summed E-state index contributed by atoms with van der Waals surface area (Å²) in [5.74, 6) is -0.358. The molecular weight excluding hydrogens is 240 g/mol. The average Bonchev–Trinajstić information content (AvgIpc) is 2.30. The summed E-state index contributed by atoms with van der Waals surface area (Å²) < 4.78 is 4.92. The fourth-order valence-electron chi connectivity index (χ4n) is 1.46. The molecule has 0 bridgehead atoms. The number of nitrogens with zero attached hydrogens (tertiary/aromatic N) is 2. The second-order valence-electron chi connectivity index (χ2n) is 3.52. The van der Waals surface area contributed by atoms with Crippen LogP contribution in [0.1, 0.15) is 23.0 Å². The van der Waals surface area contributed by atoms with E-state index in [9.17, 15) is 4.79 Å². The Kier molecular flexibility index (Phi) is 3.24. The van der Waals surface area contributed by atoms with Gasteiger partial charge < -0.3 is 4.74 Å². The summed E-state index contributed by atoms with van der Waals surface area (Å²) >= 11 is 5.87. The number of fused-ring (bicyclic) bond motifs is 1. The van der Waals surface area contributed by atoms with Crippen molar-refractivity contribution < 1.29 is 9.53 Å². The van der Waals surface area contributed by atoms with Crippen molar-refractivity contribution >= 4 is 28.6 Å². The number of hydrogen-bond donors (Lipinski definition) is 0. The molecule has 0 saturated carbocycles. The number of esters is 1. The van der Waals surface area contributed by atoms with E-state index in [2.05, 4.69) is 9.97 Å². The van der Waals surface area contributed by atoms with Crippen molar-refractivity contribution in [3.63, 3.8) is 0 Å². The van der Waals surface area contributed by atoms with Crippen LogP contribution in [0.5, 0.6) is 0 Å². The zero-order valence-electron chi connectivity index (χ0n) is 9.53. The van der Waals surface area contributed by atoms with E-state index in [-0.39, 0.29) is 5.97 Å². The zero-order valence-corrected chi connectivity index (χ0v) is 10.3. The number of carbonyl (C=O) groups is 1. The van der Waals surface area contributed by atoms with Crippen molar-refractivity contribution in [3.05, 3.63) is 34.6 Å². The predicted octanol–water partition coefficient (Wildman–Crippen LogP) is 2.77. The van der Waals surface area contributed by atoms with Gasteiger partial charge in [0.1, 0.15) is 0 Å². The van der Waals surface area contributed by atoms with Crippen molar-refractivity contribution in [2.45, 2.75) is 13.8 Å². The number of ether oxygens (including phenoxy) is 1. The highest BCUT2D eigenvalue weighted by atomic mass is 35.5. The predicted molar refractivity (Wildman–Crippen MR) is 65.2 cm³/mol. The molecular formula is C12H11ClN2O2. The Balaban J connectivity index is 2.50. The van der Waals surface area contributed by atoms with Gasteiger partial charge in [-0.15, -0.1) is 0 Å². The zero-order chi connectivity index (χ0) is 12.4. The number of aryl methyl sites for hydroxylation is 1. The van der Waals surface area contributed by atoms with E-state index in [1.165, 1.54) is 0 Å². The first-order chi connectivity index (χ1) is 8.11. The van der Waals surface area contributed by atoms with Crippen molar-refractivity contribution in [2.75, 3.05) is 6.61 Å². The van der Waals surface area contributed by atoms with Crippen molar-refractivity contribution in [2.24, 2.45) is 0 Å². The molecule has 0 aliphatic rings. The lowest BCUT2D eigenvalue weighted by Crippen LogP contribution is -2.04. The van der Waals surface area contributed by atoms with E-state index in [0.717, 1.165) is 0 Å². The summed E-state index contributed by atoms with van der Waals surface area (Å²) in [4.78, 5) is 20.0. The lowest BCUT2D eigenvalue weighted by molar-refractivity contribution is 0.0526. The molecule has 17 heavy (non-hydrogen) atoms. The van der Waals surface area contributed by atoms with Gasteiger partial charge in [-0.1, -0.05) is 11.6 Å². The third-order valence-electron chi connectivity index (χ3n) is 2.29. The topological polar surface area (TPSA) is 52.1 Å². The van der Waals surface area contributed by atoms with Gasteiger partial charge >= 0.3 is 5.97 Å². The van der Waals surface area contributed by atoms with Crippen LogP contribution in [0.15, 0.2) is 18.2 Å². The number of rotatable bonds is 2. The van der Waals surface area contributed by atoms with Gasteiger partial charge in [-0.05, 0) is 32.0 Å². The van der Waals surface area contributed by atoms with Crippen LogP contribution in [0, 0.1) is 6.92 Å². The van der Waals surface area contributed by atoms with Gasteiger partial charge in [0.05, 0.1) is 28.9 Å². The van der Waals surface area contributed by atoms with E-state index in [1.54, 1.807) is 32.0 Å². The van der Waals surface area contributed by atoms with Crippen LogP contribution >= 0.6 is 11.6 Å². The molecule has 0 aliphatic heterocycles. The smallest absolute Gasteiger partial charge is 0.338 e. The molecule has 0 unspecified atom stereocenters. The highest BCUT2D eigenvalue weighted by Gasteiger charge is 2.09. The third-order valence-corrected chi connectivity index (χ3v) is 2.65. The van der Waals surface area contributed by atoms with E-state index in [1.807, 2.05) is 0 Å². The maximum Gasteiger partial charge on any atom is 0.338 e. The van der Waals surface area contributed by atoms with Crippen molar-refractivity contribution in [3.8, 4) is 0 Å². The summed E-state index contributed by atoms with van der Waals surface area (Å²) in [6.45, 7) is 3.89. The summed E-state index contributed by atoms with van der Waals surface area (Å²) in [5, 5.41) is 0.376. The molecule has 2 aromatic rings. The van der Waals surface area contributed by atoms with Gasteiger partial charge in [0, 0.05) is 0 Å². The second kappa shape index (κ2) is 4.67. The fourth-order valence-corrected chi connectivity index (χ4v) is 1.60. The van der Waals surface area contributed by atoms with Gasteiger partial charge in [0.15, 0.2) is 5.15 Å². The molecule has 0 fully saturated rings. The lowest BCUT2D eigenvalue weighted by atomic mass is 10.2. The Morgan fingerprint density at radius 3 is 2.82 bits per heavy atom. The minimum Gasteiger partial charge on any atom is -0.462 e. The molecule has 4 nitrogen and oxygen atoms in total. The SMILES string of the molecule is CCOC(=O)c1ccc2nc(Cl)c(C)nc2c1. The minimum atomic E-state index is -0.358. The Labute approximate surface area is 104 Å². The molecule has 0 aliphatic carbocycles. The number of halogens is 1. The average molecular weight is 251 g/mol. The maximum absolute atomic E-state index is 11.5. The van der Waals surface area contributed by atoms with Gasteiger partial charge in [0.2, 0.25) is 0 Å². The first-order valence-electron chi connectivity index (χ1n) is 5.23. The van der Waals surface area contributed by atoms with Crippen LogP contribution in [-0.4, -0.2) is 22.5 Å². The van der Waals surface area contributed by atoms with Crippen LogP contribution < -0.4 is 0 Å². The molecule has 0 saturated heterocycles. The maximum atomic E-state index is 11.5. The van der Waals surface area contributed by atoms with Gasteiger partial charge in [-0.2, -0.15) is 0 Å². The first kappa shape index (κ1) is 11.8. The molecule has 0 radical (unpaired) electrons. The Hall–Kier alpha value is -1.68. The molecule has 88 valence electrons. The van der Waals surface area contributed by atoms with E-state index < -0.39 is 0 Å². The van der Waals surface area contributed by atoms with E-state index in [4.69, 9.17) is 16.3 Å². The summed E-state index contributed by atoms with van der Waals surface area (Å²) in [7, 11) is 0. The molecule has 1 heterocycles. The van der Waals surface area contributed by atoms with Crippen LogP contribution in [-0.2, 0) is 4.74 Å². The highest BCUT2D eigenvalue weighted by Crippen LogP contribution is 2.18. The van der Waals surface area contributed by atoms with Gasteiger partial charge in [-0.3, -0.25) is 0 Å². The van der Waals surface area contributed by atoms with E-state index in [0.29, 0.717) is 34.1 Å². The van der Waals surface area contributed by atoms with E-state index >= 15 is 0 Å². The quantitative estimate of drug-likeness (QED) is 0.769. The summed E-state index contributed by atoms with van der Waals surface area (Å²) in [5.41, 5.74) is 2.40. The third kappa shape index (κ3) is 2.36. The fraction of sp³-hybridized carbons (Fsp3) is 0.250. The normalized spacial score (nSPS) is 10.5. The van der Waals surface area contributed by atoms with Gasteiger partial charge in [-0.25, -0.2) is 14.8 Å². The number of hydrogen-bond acceptors (Lipinski definition) is 4. The Morgan fingerprint density at radius 1 is 1.35 bits per heavy atom. The molecule has 1 aromatic heterocycles. The molecule has 0 atom stereocenters. The number of carbonyl (C=O) groups excluding carboxylic acids is 1. The van der Waals surface area contributed by atoms with Crippen LogP contribution in [0.4, 0.5) is 0 Å². The van der Waals surface area contributed by atoms with Crippen LogP contribution in [0.2, 0.25) is 5.15 Å². The Morgan fingerprint density at radius 2 is 2.12 bits per heavy atom. The highest BCUT2D eigenvalue weighted by molar-refractivity contribution is 6.30. The lowest BCUT2D eigenvalue weighted by Gasteiger charge is -2.04. The molecule has 5 heteroatoms. The molecule has 0 spiro atoms. The van der Waals surface area contributed by atoms with Crippen molar-refractivity contribution in [1.29, 1.82) is 0 Å². The number of benzene rings is 1. The first-order valence-corrected chi connectivity index (χ1v) is 5.60. The Bertz CT molecular complexity index is 584. The monoisotopic (exact) mass is 250 g/mol. The summed E-state index contributed by atoms with van der Waals surface area (Å²) in [6, 6.07) is 5.02. The summed E-state index contributed by atoms with van der Waals surface area (Å²) in [6.07, 6.45) is 0. The minimum absolute atomic E-state index is 0.349. The molecule has 1 aromatic carbocycles. The molecule has 0 N–H and O–H groups in total. The van der Waals surface area contributed by atoms with Crippen molar-refractivity contribution in [1.82, 2.24) is 9.97 Å². The second-order valence-corrected chi connectivity index (χ2v) is 3.88. The number of aromatic nitrogens is 2. The van der Waals surface area contributed by atoms with Gasteiger partial charge in [0.25, 0.3) is 0 Å². The molecule has 2 rings (SSSR count).